The Morgan fingerprint density at radius 3 is 1.10 bits per heavy atom. The van der Waals surface area contributed by atoms with Crippen LogP contribution in [0.5, 0.6) is 0 Å². The van der Waals surface area contributed by atoms with Crippen LogP contribution in [0.2, 0.25) is 0 Å². The lowest BCUT2D eigenvalue weighted by Crippen LogP contribution is -1.92. The second-order valence-corrected chi connectivity index (χ2v) is 13.8. The Hall–Kier alpha value is -5.86. The summed E-state index contributed by atoms with van der Waals surface area (Å²) in [7, 11) is 0. The summed E-state index contributed by atoms with van der Waals surface area (Å²) < 4.78 is 0. The van der Waals surface area contributed by atoms with E-state index in [-0.39, 0.29) is 0 Å². The smallest absolute Gasteiger partial charge is 0.0433 e. The zero-order chi connectivity index (χ0) is 33.5. The number of hydrogen-bond donors (Lipinski definition) is 0. The van der Waals surface area contributed by atoms with Gasteiger partial charge in [-0.2, -0.15) is 0 Å². The van der Waals surface area contributed by atoms with Gasteiger partial charge in [0.1, 0.15) is 0 Å². The number of fused-ring (bicyclic) bond motifs is 3. The molecule has 0 spiro atoms. The second-order valence-electron chi connectivity index (χ2n) is 12.8. The number of aryl methyl sites for hydroxylation is 4. The van der Waals surface area contributed by atoms with Crippen molar-refractivity contribution in [3.63, 3.8) is 0 Å². The van der Waals surface area contributed by atoms with E-state index in [1.807, 2.05) is 47.7 Å². The molecule has 0 unspecified atom stereocenters. The number of rotatable bonds is 2. The molecular formula is C48H34S. The van der Waals surface area contributed by atoms with Crippen LogP contribution in [0.25, 0.3) is 53.2 Å². The maximum absolute atomic E-state index is 3.66. The zero-order valence-electron chi connectivity index (χ0n) is 28.1. The van der Waals surface area contributed by atoms with E-state index < -0.39 is 0 Å². The van der Waals surface area contributed by atoms with Gasteiger partial charge in [0.15, 0.2) is 0 Å². The highest BCUT2D eigenvalue weighted by Crippen LogP contribution is 2.49. The molecule has 1 heteroatoms. The average molecular weight is 643 g/mol. The van der Waals surface area contributed by atoms with Gasteiger partial charge in [-0.1, -0.05) is 121 Å². The molecule has 0 aliphatic carbocycles. The standard InChI is InChI=1S/C48H34S/c1-31-15-13-16-32(2)45(31)47-43-29-41-39(27-25-35-19-7-5-8-20-35)37-23-11-12-24-38(37)40(28-26-36-21-9-6-10-22-36)42(41)30-44(43)48(49-47)46-33(3)17-14-18-34(46)4/h5-24,29-30H,1-4H3. The number of benzene rings is 7. The molecule has 0 amide bonds. The third-order valence-electron chi connectivity index (χ3n) is 9.48. The average Bonchev–Trinajstić information content (AvgIpc) is 3.47. The molecular weight excluding hydrogens is 609 g/mol. The van der Waals surface area contributed by atoms with Gasteiger partial charge in [0.25, 0.3) is 0 Å². The van der Waals surface area contributed by atoms with E-state index in [9.17, 15) is 0 Å². The summed E-state index contributed by atoms with van der Waals surface area (Å²) in [6.07, 6.45) is 0. The van der Waals surface area contributed by atoms with E-state index in [1.165, 1.54) is 53.9 Å². The highest BCUT2D eigenvalue weighted by Gasteiger charge is 2.22. The van der Waals surface area contributed by atoms with Gasteiger partial charge in [-0.3, -0.25) is 0 Å². The fraction of sp³-hybridized carbons (Fsp3) is 0.0833. The summed E-state index contributed by atoms with van der Waals surface area (Å²) in [6.45, 7) is 8.93. The van der Waals surface area contributed by atoms with E-state index in [0.29, 0.717) is 0 Å². The molecule has 0 aliphatic heterocycles. The van der Waals surface area contributed by atoms with E-state index in [0.717, 1.165) is 43.8 Å². The fourth-order valence-corrected chi connectivity index (χ4v) is 8.72. The lowest BCUT2D eigenvalue weighted by molar-refractivity contribution is 1.40. The van der Waals surface area contributed by atoms with E-state index in [2.05, 4.69) is 148 Å². The van der Waals surface area contributed by atoms with Gasteiger partial charge in [-0.25, -0.2) is 0 Å². The molecule has 0 atom stereocenters. The highest BCUT2D eigenvalue weighted by molar-refractivity contribution is 7.21. The van der Waals surface area contributed by atoms with Crippen molar-refractivity contribution < 1.29 is 0 Å². The van der Waals surface area contributed by atoms with Crippen molar-refractivity contribution in [2.75, 3.05) is 0 Å². The van der Waals surface area contributed by atoms with Crippen LogP contribution in [-0.2, 0) is 0 Å². The van der Waals surface area contributed by atoms with Crippen molar-refractivity contribution in [3.8, 4) is 44.6 Å². The SMILES string of the molecule is Cc1cccc(C)c1-c1sc(-c2c(C)cccc2C)c2cc3c(C#Cc4ccccc4)c4ccccc4c(C#Cc4ccccc4)c3cc12. The topological polar surface area (TPSA) is 0 Å². The Morgan fingerprint density at radius 1 is 0.347 bits per heavy atom. The molecule has 1 heterocycles. The van der Waals surface area contributed by atoms with Crippen molar-refractivity contribution in [2.45, 2.75) is 27.7 Å². The van der Waals surface area contributed by atoms with Crippen LogP contribution in [0.1, 0.15) is 44.5 Å². The summed E-state index contributed by atoms with van der Waals surface area (Å²) >= 11 is 1.91. The number of hydrogen-bond acceptors (Lipinski definition) is 1. The molecule has 49 heavy (non-hydrogen) atoms. The monoisotopic (exact) mass is 642 g/mol. The molecule has 8 aromatic rings. The molecule has 0 bridgehead atoms. The van der Waals surface area contributed by atoms with E-state index in [4.69, 9.17) is 0 Å². The Kier molecular flexibility index (Phi) is 7.86. The molecule has 7 aromatic carbocycles. The lowest BCUT2D eigenvalue weighted by atomic mass is 9.88. The Morgan fingerprint density at radius 2 is 0.714 bits per heavy atom. The first-order valence-corrected chi connectivity index (χ1v) is 17.5. The first-order chi connectivity index (χ1) is 24.0. The largest absolute Gasteiger partial charge is 0.134 e. The van der Waals surface area contributed by atoms with Gasteiger partial charge in [-0.05, 0) is 119 Å². The summed E-state index contributed by atoms with van der Waals surface area (Å²) in [5, 5.41) is 7.01. The first kappa shape index (κ1) is 30.5. The minimum Gasteiger partial charge on any atom is -0.134 e. The van der Waals surface area contributed by atoms with Crippen molar-refractivity contribution in [2.24, 2.45) is 0 Å². The van der Waals surface area contributed by atoms with Crippen molar-refractivity contribution >= 4 is 43.7 Å². The fourth-order valence-electron chi connectivity index (χ4n) is 7.11. The van der Waals surface area contributed by atoms with Crippen LogP contribution in [0.3, 0.4) is 0 Å². The minimum absolute atomic E-state index is 0.998. The normalized spacial score (nSPS) is 10.9. The molecule has 0 aliphatic rings. The summed E-state index contributed by atoms with van der Waals surface area (Å²) in [5.41, 5.74) is 11.8. The third kappa shape index (κ3) is 5.50. The zero-order valence-corrected chi connectivity index (χ0v) is 28.9. The van der Waals surface area contributed by atoms with Gasteiger partial charge < -0.3 is 0 Å². The van der Waals surface area contributed by atoms with Crippen LogP contribution in [0.15, 0.2) is 133 Å². The summed E-state index contributed by atoms with van der Waals surface area (Å²) in [4.78, 5) is 2.61. The Balaban J connectivity index is 1.56. The maximum atomic E-state index is 3.66. The lowest BCUT2D eigenvalue weighted by Gasteiger charge is -2.13. The third-order valence-corrected chi connectivity index (χ3v) is 10.7. The predicted octanol–water partition coefficient (Wildman–Crippen LogP) is 12.6. The molecule has 232 valence electrons. The van der Waals surface area contributed by atoms with E-state index >= 15 is 0 Å². The Labute approximate surface area is 292 Å². The van der Waals surface area contributed by atoms with Gasteiger partial charge >= 0.3 is 0 Å². The van der Waals surface area contributed by atoms with Crippen molar-refractivity contribution in [3.05, 3.63) is 178 Å². The summed E-state index contributed by atoms with van der Waals surface area (Å²) in [6, 6.07) is 47.2. The maximum Gasteiger partial charge on any atom is 0.0433 e. The predicted molar refractivity (Wildman–Crippen MR) is 212 cm³/mol. The van der Waals surface area contributed by atoms with Crippen LogP contribution < -0.4 is 0 Å². The van der Waals surface area contributed by atoms with Crippen molar-refractivity contribution in [1.82, 2.24) is 0 Å². The molecule has 0 saturated carbocycles. The number of thiophene rings is 1. The molecule has 0 radical (unpaired) electrons. The van der Waals surface area contributed by atoms with Crippen LogP contribution in [0, 0.1) is 51.4 Å². The molecule has 0 saturated heterocycles. The highest BCUT2D eigenvalue weighted by atomic mass is 32.1. The van der Waals surface area contributed by atoms with Crippen LogP contribution in [0.4, 0.5) is 0 Å². The van der Waals surface area contributed by atoms with Crippen LogP contribution >= 0.6 is 11.3 Å². The van der Waals surface area contributed by atoms with Gasteiger partial charge in [0.05, 0.1) is 0 Å². The molecule has 1 aromatic heterocycles. The minimum atomic E-state index is 0.998. The van der Waals surface area contributed by atoms with Gasteiger partial charge in [0.2, 0.25) is 0 Å². The van der Waals surface area contributed by atoms with E-state index in [1.54, 1.807) is 0 Å². The van der Waals surface area contributed by atoms with Gasteiger partial charge in [-0.15, -0.1) is 11.3 Å². The molecule has 0 nitrogen and oxygen atoms in total. The molecule has 8 rings (SSSR count). The van der Waals surface area contributed by atoms with Gasteiger partial charge in [0, 0.05) is 42.8 Å². The van der Waals surface area contributed by atoms with Crippen LogP contribution in [-0.4, -0.2) is 0 Å². The van der Waals surface area contributed by atoms with Crippen molar-refractivity contribution in [1.29, 1.82) is 0 Å². The first-order valence-electron chi connectivity index (χ1n) is 16.7. The molecule has 0 fully saturated rings. The second kappa shape index (κ2) is 12.6. The Bertz CT molecular complexity index is 2460. The quantitative estimate of drug-likeness (QED) is 0.130. The summed E-state index contributed by atoms with van der Waals surface area (Å²) in [5.74, 6) is 14.3. The molecule has 0 N–H and O–H groups in total.